The molecule has 2 aromatic heterocycles. The van der Waals surface area contributed by atoms with E-state index in [1.165, 1.54) is 4.57 Å². The van der Waals surface area contributed by atoms with Crippen molar-refractivity contribution in [3.05, 3.63) is 121 Å². The van der Waals surface area contributed by atoms with E-state index in [4.69, 9.17) is 16.3 Å². The summed E-state index contributed by atoms with van der Waals surface area (Å²) >= 11 is 9.71. The number of aromatic nitrogens is 4. The Labute approximate surface area is 296 Å². The summed E-state index contributed by atoms with van der Waals surface area (Å²) in [6, 6.07) is 21.2. The molecule has 3 aromatic carbocycles. The smallest absolute Gasteiger partial charge is 0.333 e. The number of halogens is 2. The molecule has 2 aliphatic rings. The fourth-order valence-corrected chi connectivity index (χ4v) is 6.42. The minimum absolute atomic E-state index is 0.0444. The van der Waals surface area contributed by atoms with Gasteiger partial charge < -0.3 is 20.3 Å². The van der Waals surface area contributed by atoms with Crippen LogP contribution in [0.1, 0.15) is 51.9 Å². The molecule has 3 heterocycles. The predicted molar refractivity (Wildman–Crippen MR) is 190 cm³/mol. The SMILES string of the molecule is CNc1ccnc(-c2ccccc2CNC(=O)c2c3n(c(=O)n2-c2ccc(OC4CC4)cc2)C[C@H](C)N(C(=O)c2ccc(Br)c(Cl)c2)C3)n1. The summed E-state index contributed by atoms with van der Waals surface area (Å²) in [7, 11) is 1.79. The number of nitrogens with one attached hydrogen (secondary N) is 2. The molecule has 49 heavy (non-hydrogen) atoms. The molecule has 7 rings (SSSR count). The summed E-state index contributed by atoms with van der Waals surface area (Å²) in [4.78, 5) is 52.9. The maximum atomic E-state index is 14.3. The monoisotopic (exact) mass is 741 g/mol. The average molecular weight is 743 g/mol. The Hall–Kier alpha value is -4.94. The molecule has 1 saturated carbocycles. The lowest BCUT2D eigenvalue weighted by atomic mass is 10.1. The van der Waals surface area contributed by atoms with Gasteiger partial charge in [0.05, 0.1) is 29.1 Å². The maximum Gasteiger partial charge on any atom is 0.333 e. The first-order valence-electron chi connectivity index (χ1n) is 16.0. The molecule has 1 aliphatic carbocycles. The van der Waals surface area contributed by atoms with Crippen LogP contribution in [-0.4, -0.2) is 55.0 Å². The second kappa shape index (κ2) is 13.5. The lowest BCUT2D eigenvalue weighted by molar-refractivity contribution is 0.0610. The summed E-state index contributed by atoms with van der Waals surface area (Å²) in [6.45, 7) is 2.29. The van der Waals surface area contributed by atoms with E-state index in [1.54, 1.807) is 59.1 Å². The highest BCUT2D eigenvalue weighted by molar-refractivity contribution is 9.10. The van der Waals surface area contributed by atoms with Gasteiger partial charge in [-0.2, -0.15) is 0 Å². The number of amides is 2. The van der Waals surface area contributed by atoms with Crippen LogP contribution in [-0.2, 0) is 19.6 Å². The van der Waals surface area contributed by atoms with Crippen LogP contribution in [0, 0.1) is 0 Å². The van der Waals surface area contributed by atoms with Crippen LogP contribution in [0.5, 0.6) is 5.75 Å². The van der Waals surface area contributed by atoms with Crippen molar-refractivity contribution in [2.75, 3.05) is 12.4 Å². The molecule has 1 aliphatic heterocycles. The van der Waals surface area contributed by atoms with Crippen molar-refractivity contribution >= 4 is 45.2 Å². The summed E-state index contributed by atoms with van der Waals surface area (Å²) < 4.78 is 9.62. The summed E-state index contributed by atoms with van der Waals surface area (Å²) in [5.74, 6) is 1.17. The van der Waals surface area contributed by atoms with Crippen LogP contribution >= 0.6 is 27.5 Å². The third kappa shape index (κ3) is 6.58. The first-order chi connectivity index (χ1) is 23.7. The van der Waals surface area contributed by atoms with Gasteiger partial charge in [-0.25, -0.2) is 14.8 Å². The van der Waals surface area contributed by atoms with E-state index in [1.807, 2.05) is 43.3 Å². The van der Waals surface area contributed by atoms with Gasteiger partial charge in [-0.1, -0.05) is 35.9 Å². The number of rotatable bonds is 9. The van der Waals surface area contributed by atoms with Crippen molar-refractivity contribution in [3.8, 4) is 22.8 Å². The van der Waals surface area contributed by atoms with Crippen LogP contribution in [0.3, 0.4) is 0 Å². The molecule has 0 spiro atoms. The Balaban J connectivity index is 1.25. The van der Waals surface area contributed by atoms with E-state index in [-0.39, 0.29) is 49.1 Å². The van der Waals surface area contributed by atoms with Gasteiger partial charge >= 0.3 is 5.69 Å². The van der Waals surface area contributed by atoms with Gasteiger partial charge in [0.25, 0.3) is 11.8 Å². The Morgan fingerprint density at radius 3 is 2.57 bits per heavy atom. The molecule has 0 unspecified atom stereocenters. The molecule has 13 heteroatoms. The summed E-state index contributed by atoms with van der Waals surface area (Å²) in [5, 5.41) is 6.48. The molecule has 2 N–H and O–H groups in total. The van der Waals surface area contributed by atoms with E-state index in [0.717, 1.165) is 24.0 Å². The van der Waals surface area contributed by atoms with Crippen molar-refractivity contribution in [1.29, 1.82) is 0 Å². The zero-order valence-corrected chi connectivity index (χ0v) is 29.2. The van der Waals surface area contributed by atoms with Crippen molar-refractivity contribution in [3.63, 3.8) is 0 Å². The highest BCUT2D eigenvalue weighted by Gasteiger charge is 2.35. The minimum atomic E-state index is -0.461. The Morgan fingerprint density at radius 2 is 1.84 bits per heavy atom. The molecule has 5 aromatic rings. The number of imidazole rings is 1. The van der Waals surface area contributed by atoms with E-state index >= 15 is 0 Å². The number of benzene rings is 3. The van der Waals surface area contributed by atoms with Crippen molar-refractivity contribution in [2.45, 2.75) is 51.5 Å². The van der Waals surface area contributed by atoms with Crippen LogP contribution < -0.4 is 21.1 Å². The molecule has 0 saturated heterocycles. The van der Waals surface area contributed by atoms with Gasteiger partial charge in [-0.3, -0.25) is 18.7 Å². The quantitative estimate of drug-likeness (QED) is 0.188. The molecular weight excluding hydrogens is 710 g/mol. The Bertz CT molecular complexity index is 2130. The topological polar surface area (TPSA) is 123 Å². The molecule has 1 atom stereocenters. The van der Waals surface area contributed by atoms with Gasteiger partial charge in [-0.05, 0) is 89.8 Å². The second-order valence-corrected chi connectivity index (χ2v) is 13.4. The number of anilines is 1. The number of hydrogen-bond acceptors (Lipinski definition) is 7. The number of fused-ring (bicyclic) bond motifs is 1. The van der Waals surface area contributed by atoms with Crippen molar-refractivity contribution in [1.82, 2.24) is 29.3 Å². The Morgan fingerprint density at radius 1 is 1.06 bits per heavy atom. The lowest BCUT2D eigenvalue weighted by Crippen LogP contribution is -2.47. The average Bonchev–Trinajstić information content (AvgIpc) is 3.90. The fraction of sp³-hybridized carbons (Fsp3) is 0.250. The highest BCUT2D eigenvalue weighted by atomic mass is 79.9. The molecule has 2 amide bonds. The molecular formula is C36H33BrClN7O4. The highest BCUT2D eigenvalue weighted by Crippen LogP contribution is 2.30. The summed E-state index contributed by atoms with van der Waals surface area (Å²) in [5.41, 5.74) is 2.72. The van der Waals surface area contributed by atoms with Gasteiger partial charge in [-0.15, -0.1) is 0 Å². The van der Waals surface area contributed by atoms with E-state index in [9.17, 15) is 14.4 Å². The molecule has 0 bridgehead atoms. The van der Waals surface area contributed by atoms with Crippen molar-refractivity contribution in [2.24, 2.45) is 0 Å². The molecule has 0 radical (unpaired) electrons. The van der Waals surface area contributed by atoms with Crippen LogP contribution in [0.15, 0.2) is 88.3 Å². The van der Waals surface area contributed by atoms with Crippen LogP contribution in [0.4, 0.5) is 5.82 Å². The third-order valence-corrected chi connectivity index (χ3v) is 9.95. The number of hydrogen-bond donors (Lipinski definition) is 2. The van der Waals surface area contributed by atoms with E-state index < -0.39 is 5.91 Å². The number of nitrogens with zero attached hydrogens (tertiary/aromatic N) is 5. The standard InChI is InChI=1S/C36H33BrClN7O4/c1-21-19-44-30(20-43(21)35(47)22-7-14-28(37)29(38)17-22)32(45(36(44)48)24-8-10-25(11-9-24)49-26-12-13-26)34(46)41-18-23-5-3-4-6-27(23)33-40-16-15-31(39-2)42-33/h3-11,14-17,21,26H,12-13,18-20H2,1-2H3,(H,41,46)(H,39,40,42)/t21-/m0/s1. The number of carbonyl (C=O) groups excluding carboxylic acids is 2. The van der Waals surface area contributed by atoms with E-state index in [0.29, 0.717) is 43.8 Å². The van der Waals surface area contributed by atoms with Crippen LogP contribution in [0.2, 0.25) is 5.02 Å². The fourth-order valence-electron chi connectivity index (χ4n) is 5.99. The first kappa shape index (κ1) is 32.6. The normalized spacial score (nSPS) is 15.4. The second-order valence-electron chi connectivity index (χ2n) is 12.1. The van der Waals surface area contributed by atoms with Gasteiger partial charge in [0.2, 0.25) is 0 Å². The maximum absolute atomic E-state index is 14.3. The lowest BCUT2D eigenvalue weighted by Gasteiger charge is -2.34. The van der Waals surface area contributed by atoms with Gasteiger partial charge in [0, 0.05) is 48.0 Å². The first-order valence-corrected chi connectivity index (χ1v) is 17.1. The molecule has 1 fully saturated rings. The zero-order valence-electron chi connectivity index (χ0n) is 26.8. The Kier molecular flexibility index (Phi) is 9.00. The largest absolute Gasteiger partial charge is 0.490 e. The molecule has 11 nitrogen and oxygen atoms in total. The molecule has 250 valence electrons. The minimum Gasteiger partial charge on any atom is -0.490 e. The van der Waals surface area contributed by atoms with Crippen molar-refractivity contribution < 1.29 is 14.3 Å². The zero-order chi connectivity index (χ0) is 34.2. The number of ether oxygens (including phenoxy) is 1. The number of carbonyl (C=O) groups is 2. The third-order valence-electron chi connectivity index (χ3n) is 8.72. The van der Waals surface area contributed by atoms with Gasteiger partial charge in [0.1, 0.15) is 17.3 Å². The van der Waals surface area contributed by atoms with Gasteiger partial charge in [0.15, 0.2) is 5.82 Å². The van der Waals surface area contributed by atoms with E-state index in [2.05, 4.69) is 36.5 Å². The summed E-state index contributed by atoms with van der Waals surface area (Å²) in [6.07, 6.45) is 3.94. The predicted octanol–water partition coefficient (Wildman–Crippen LogP) is 6.07. The van der Waals surface area contributed by atoms with Crippen LogP contribution in [0.25, 0.3) is 17.1 Å².